The first kappa shape index (κ1) is 13.7. The van der Waals surface area contributed by atoms with Crippen molar-refractivity contribution in [3.8, 4) is 0 Å². The van der Waals surface area contributed by atoms with Gasteiger partial charge in [0.15, 0.2) is 0 Å². The average molecular weight is 281 g/mol. The van der Waals surface area contributed by atoms with Gasteiger partial charge in [-0.2, -0.15) is 0 Å². The molecule has 0 aromatic rings. The SMILES string of the molecule is O=C(O)C1CCN(C(=O)N2CCCN3CCCC3C2)C1. The smallest absolute Gasteiger partial charge is 0.320 e. The number of carboxylic acids is 1. The van der Waals surface area contributed by atoms with E-state index in [0.29, 0.717) is 25.6 Å². The van der Waals surface area contributed by atoms with Crippen molar-refractivity contribution in [3.05, 3.63) is 0 Å². The topological polar surface area (TPSA) is 64.1 Å². The number of nitrogens with zero attached hydrogens (tertiary/aromatic N) is 3. The van der Waals surface area contributed by atoms with Gasteiger partial charge in [0.1, 0.15) is 0 Å². The molecule has 2 atom stereocenters. The Morgan fingerprint density at radius 3 is 2.40 bits per heavy atom. The fourth-order valence-electron chi connectivity index (χ4n) is 3.72. The van der Waals surface area contributed by atoms with Crippen LogP contribution in [-0.4, -0.2) is 77.1 Å². The highest BCUT2D eigenvalue weighted by molar-refractivity contribution is 5.77. The number of hydrogen-bond donors (Lipinski definition) is 1. The fraction of sp³-hybridized carbons (Fsp3) is 0.857. The predicted octanol–water partition coefficient (Wildman–Crippen LogP) is 0.683. The normalized spacial score (nSPS) is 31.2. The molecule has 0 aliphatic carbocycles. The Kier molecular flexibility index (Phi) is 3.83. The van der Waals surface area contributed by atoms with Crippen LogP contribution in [-0.2, 0) is 4.79 Å². The van der Waals surface area contributed by atoms with Crippen molar-refractivity contribution in [1.82, 2.24) is 14.7 Å². The Morgan fingerprint density at radius 1 is 0.900 bits per heavy atom. The van der Waals surface area contributed by atoms with Gasteiger partial charge in [0, 0.05) is 38.8 Å². The molecule has 0 aromatic carbocycles. The van der Waals surface area contributed by atoms with E-state index in [9.17, 15) is 9.59 Å². The van der Waals surface area contributed by atoms with Crippen LogP contribution in [0.2, 0.25) is 0 Å². The van der Waals surface area contributed by atoms with Crippen LogP contribution in [0, 0.1) is 5.92 Å². The first-order valence-corrected chi connectivity index (χ1v) is 7.66. The number of carbonyl (C=O) groups is 2. The molecule has 3 fully saturated rings. The second-order valence-electron chi connectivity index (χ2n) is 6.18. The molecule has 1 N–H and O–H groups in total. The largest absolute Gasteiger partial charge is 0.481 e. The van der Waals surface area contributed by atoms with Gasteiger partial charge in [0.05, 0.1) is 5.92 Å². The maximum Gasteiger partial charge on any atom is 0.320 e. The van der Waals surface area contributed by atoms with Crippen molar-refractivity contribution in [3.63, 3.8) is 0 Å². The van der Waals surface area contributed by atoms with Gasteiger partial charge in [-0.3, -0.25) is 9.69 Å². The summed E-state index contributed by atoms with van der Waals surface area (Å²) in [6, 6.07) is 0.557. The zero-order valence-electron chi connectivity index (χ0n) is 11.8. The summed E-state index contributed by atoms with van der Waals surface area (Å²) in [5.41, 5.74) is 0. The number of carbonyl (C=O) groups excluding carboxylic acids is 1. The molecule has 3 aliphatic heterocycles. The standard InChI is InChI=1S/C14H23N3O3/c18-13(19)11-4-8-17(9-11)14(20)16-7-2-6-15-5-1-3-12(15)10-16/h11-12H,1-10H2,(H,18,19). The van der Waals surface area contributed by atoms with Gasteiger partial charge >= 0.3 is 12.0 Å². The number of rotatable bonds is 1. The molecule has 0 aromatic heterocycles. The van der Waals surface area contributed by atoms with Crippen LogP contribution in [0.3, 0.4) is 0 Å². The number of amides is 2. The lowest BCUT2D eigenvalue weighted by Crippen LogP contribution is -2.46. The summed E-state index contributed by atoms with van der Waals surface area (Å²) >= 11 is 0. The van der Waals surface area contributed by atoms with E-state index in [4.69, 9.17) is 5.11 Å². The Bertz CT molecular complexity index is 401. The first-order valence-electron chi connectivity index (χ1n) is 7.66. The van der Waals surface area contributed by atoms with Crippen LogP contribution in [0.4, 0.5) is 4.79 Å². The molecule has 3 heterocycles. The molecule has 20 heavy (non-hydrogen) atoms. The summed E-state index contributed by atoms with van der Waals surface area (Å²) in [7, 11) is 0. The molecule has 0 radical (unpaired) electrons. The van der Waals surface area contributed by atoms with Crippen molar-refractivity contribution in [2.45, 2.75) is 31.7 Å². The molecular formula is C14H23N3O3. The highest BCUT2D eigenvalue weighted by Crippen LogP contribution is 2.23. The van der Waals surface area contributed by atoms with Crippen LogP contribution in [0.15, 0.2) is 0 Å². The van der Waals surface area contributed by atoms with Gasteiger partial charge in [-0.25, -0.2) is 4.79 Å². The molecule has 6 heteroatoms. The van der Waals surface area contributed by atoms with Crippen LogP contribution >= 0.6 is 0 Å². The Morgan fingerprint density at radius 2 is 1.65 bits per heavy atom. The monoisotopic (exact) mass is 281 g/mol. The molecule has 2 unspecified atom stereocenters. The zero-order chi connectivity index (χ0) is 14.1. The summed E-state index contributed by atoms with van der Waals surface area (Å²) in [6.07, 6.45) is 4.03. The van der Waals surface area contributed by atoms with E-state index >= 15 is 0 Å². The van der Waals surface area contributed by atoms with Crippen LogP contribution < -0.4 is 0 Å². The number of aliphatic carboxylic acids is 1. The van der Waals surface area contributed by atoms with Gasteiger partial charge in [-0.1, -0.05) is 0 Å². The lowest BCUT2D eigenvalue weighted by atomic mass is 10.1. The molecule has 3 aliphatic rings. The van der Waals surface area contributed by atoms with Gasteiger partial charge in [0.2, 0.25) is 0 Å². The third-order valence-electron chi connectivity index (χ3n) is 4.88. The number of likely N-dealkylation sites (tertiary alicyclic amines) is 1. The summed E-state index contributed by atoms with van der Waals surface area (Å²) in [4.78, 5) is 29.7. The van der Waals surface area contributed by atoms with Crippen molar-refractivity contribution in [1.29, 1.82) is 0 Å². The van der Waals surface area contributed by atoms with Crippen LogP contribution in [0.5, 0.6) is 0 Å². The fourth-order valence-corrected chi connectivity index (χ4v) is 3.72. The Hall–Kier alpha value is -1.30. The molecule has 3 saturated heterocycles. The summed E-state index contributed by atoms with van der Waals surface area (Å²) in [5.74, 6) is -1.16. The third kappa shape index (κ3) is 2.61. The number of hydrogen-bond acceptors (Lipinski definition) is 3. The van der Waals surface area contributed by atoms with Crippen LogP contribution in [0.1, 0.15) is 25.7 Å². The Balaban J connectivity index is 1.60. The molecular weight excluding hydrogens is 258 g/mol. The van der Waals surface area contributed by atoms with E-state index < -0.39 is 5.97 Å². The minimum atomic E-state index is -0.780. The number of urea groups is 1. The lowest BCUT2D eigenvalue weighted by Gasteiger charge is -2.29. The second kappa shape index (κ2) is 5.60. The van der Waals surface area contributed by atoms with Crippen molar-refractivity contribution in [2.75, 3.05) is 39.3 Å². The molecule has 6 nitrogen and oxygen atoms in total. The van der Waals surface area contributed by atoms with Crippen molar-refractivity contribution >= 4 is 12.0 Å². The molecule has 3 rings (SSSR count). The number of carboxylic acid groups (broad SMARTS) is 1. The van der Waals surface area contributed by atoms with Crippen molar-refractivity contribution < 1.29 is 14.7 Å². The minimum absolute atomic E-state index is 0.0440. The molecule has 0 bridgehead atoms. The van der Waals surface area contributed by atoms with E-state index in [-0.39, 0.29) is 11.9 Å². The molecule has 0 spiro atoms. The summed E-state index contributed by atoms with van der Waals surface area (Å²) < 4.78 is 0. The highest BCUT2D eigenvalue weighted by atomic mass is 16.4. The van der Waals surface area contributed by atoms with E-state index in [1.807, 2.05) is 4.90 Å². The lowest BCUT2D eigenvalue weighted by molar-refractivity contribution is -0.141. The highest BCUT2D eigenvalue weighted by Gasteiger charge is 2.36. The summed E-state index contributed by atoms with van der Waals surface area (Å²) in [6.45, 7) is 4.83. The maximum atomic E-state index is 12.6. The van der Waals surface area contributed by atoms with E-state index in [1.165, 1.54) is 12.8 Å². The second-order valence-corrected chi connectivity index (χ2v) is 6.18. The van der Waals surface area contributed by atoms with E-state index in [0.717, 1.165) is 32.6 Å². The van der Waals surface area contributed by atoms with E-state index in [2.05, 4.69) is 4.90 Å². The average Bonchev–Trinajstić information content (AvgIpc) is 3.03. The maximum absolute atomic E-state index is 12.6. The van der Waals surface area contributed by atoms with Crippen molar-refractivity contribution in [2.24, 2.45) is 5.92 Å². The van der Waals surface area contributed by atoms with Gasteiger partial charge in [-0.05, 0) is 32.2 Å². The van der Waals surface area contributed by atoms with Gasteiger partial charge < -0.3 is 14.9 Å². The summed E-state index contributed by atoms with van der Waals surface area (Å²) in [5, 5.41) is 9.03. The first-order chi connectivity index (χ1) is 9.65. The third-order valence-corrected chi connectivity index (χ3v) is 4.88. The van der Waals surface area contributed by atoms with Gasteiger partial charge in [-0.15, -0.1) is 0 Å². The van der Waals surface area contributed by atoms with Gasteiger partial charge in [0.25, 0.3) is 0 Å². The van der Waals surface area contributed by atoms with E-state index in [1.54, 1.807) is 4.90 Å². The molecule has 112 valence electrons. The number of fused-ring (bicyclic) bond motifs is 1. The predicted molar refractivity (Wildman–Crippen MR) is 73.5 cm³/mol. The van der Waals surface area contributed by atoms with Crippen LogP contribution in [0.25, 0.3) is 0 Å². The molecule has 0 saturated carbocycles. The molecule has 2 amide bonds. The minimum Gasteiger partial charge on any atom is -0.481 e. The zero-order valence-corrected chi connectivity index (χ0v) is 11.8. The Labute approximate surface area is 119 Å². The quantitative estimate of drug-likeness (QED) is 0.768.